The molecule has 15 heteroatoms. The number of rotatable bonds is 31. The highest BCUT2D eigenvalue weighted by Gasteiger charge is 2.03. The normalized spacial score (nSPS) is 11.3. The summed E-state index contributed by atoms with van der Waals surface area (Å²) in [6.45, 7) is 4.44. The van der Waals surface area contributed by atoms with E-state index in [0.29, 0.717) is 38.8 Å². The van der Waals surface area contributed by atoms with Gasteiger partial charge in [-0.1, -0.05) is 6.92 Å². The fourth-order valence-electron chi connectivity index (χ4n) is 1.86. The molecule has 0 aromatic carbocycles. The van der Waals surface area contributed by atoms with Crippen LogP contribution < -0.4 is 0 Å². The van der Waals surface area contributed by atoms with Crippen LogP contribution in [0.4, 0.5) is 0 Å². The van der Waals surface area contributed by atoms with E-state index in [0.717, 1.165) is 67.7 Å². The first-order valence-electron chi connectivity index (χ1n) is 11.7. The molecule has 0 saturated carbocycles. The van der Waals surface area contributed by atoms with E-state index in [-0.39, 0.29) is 11.9 Å². The Bertz CT molecular complexity index is 445. The van der Waals surface area contributed by atoms with Crippen molar-refractivity contribution in [3.8, 4) is 0 Å². The van der Waals surface area contributed by atoms with Crippen LogP contribution in [-0.4, -0.2) is 104 Å². The van der Waals surface area contributed by atoms with Gasteiger partial charge in [-0.15, -0.1) is 70.6 Å². The molecule has 0 rings (SSSR count). The van der Waals surface area contributed by atoms with Crippen molar-refractivity contribution < 1.29 is 34.2 Å². The van der Waals surface area contributed by atoms with Crippen LogP contribution in [0.25, 0.3) is 0 Å². The number of aliphatic hydroxyl groups excluding tert-OH is 1. The van der Waals surface area contributed by atoms with E-state index in [1.165, 1.54) is 11.8 Å². The standard InChI is InChI=1S/C21H42O7S8/c1-2-5-25-27-8-12-34-20-36-19-33-11-7-24-21(23)4-10-32-18-35-17-31-9-3-6-26-28-16-30-14-13-29-15-22/h22H,2-20H2,1H3. The van der Waals surface area contributed by atoms with Crippen LogP contribution in [0.1, 0.15) is 26.2 Å². The molecule has 0 bridgehead atoms. The van der Waals surface area contributed by atoms with Crippen molar-refractivity contribution in [1.29, 1.82) is 0 Å². The van der Waals surface area contributed by atoms with E-state index < -0.39 is 0 Å². The third kappa shape index (κ3) is 34.1. The minimum Gasteiger partial charge on any atom is -0.465 e. The highest BCUT2D eigenvalue weighted by atomic mass is 32.2. The van der Waals surface area contributed by atoms with Crippen LogP contribution >= 0.6 is 94.1 Å². The predicted molar refractivity (Wildman–Crippen MR) is 171 cm³/mol. The number of esters is 1. The zero-order valence-corrected chi connectivity index (χ0v) is 27.6. The maximum absolute atomic E-state index is 11.8. The number of carbonyl (C=O) groups excluding carboxylic acids is 1. The van der Waals surface area contributed by atoms with Crippen LogP contribution in [-0.2, 0) is 29.1 Å². The molecule has 0 aliphatic carbocycles. The second kappa shape index (κ2) is 35.1. The summed E-state index contributed by atoms with van der Waals surface area (Å²) in [6, 6.07) is 0. The van der Waals surface area contributed by atoms with E-state index in [2.05, 4.69) is 6.92 Å². The first-order chi connectivity index (χ1) is 17.8. The molecule has 36 heavy (non-hydrogen) atoms. The van der Waals surface area contributed by atoms with E-state index >= 15 is 0 Å². The summed E-state index contributed by atoms with van der Waals surface area (Å²) >= 11 is 14.3. The van der Waals surface area contributed by atoms with Gasteiger partial charge in [-0.25, -0.2) is 19.6 Å². The van der Waals surface area contributed by atoms with Gasteiger partial charge in [-0.2, -0.15) is 23.5 Å². The molecule has 0 aromatic heterocycles. The SMILES string of the molecule is CCCOOCCSCSCSCCOC(=O)CCSCSCSCCCOOCSCCSCO. The topological polar surface area (TPSA) is 83.5 Å². The molecule has 0 heterocycles. The van der Waals surface area contributed by atoms with Crippen molar-refractivity contribution in [2.75, 3.05) is 93.2 Å². The van der Waals surface area contributed by atoms with Crippen LogP contribution in [0.3, 0.4) is 0 Å². The summed E-state index contributed by atoms with van der Waals surface area (Å²) in [5, 5.41) is 12.7. The summed E-state index contributed by atoms with van der Waals surface area (Å²) in [7, 11) is 0. The molecule has 1 N–H and O–H groups in total. The van der Waals surface area contributed by atoms with Gasteiger partial charge in [0.25, 0.3) is 0 Å². The van der Waals surface area contributed by atoms with Crippen molar-refractivity contribution in [2.45, 2.75) is 26.2 Å². The number of hydrogen-bond acceptors (Lipinski definition) is 15. The van der Waals surface area contributed by atoms with Gasteiger partial charge >= 0.3 is 5.97 Å². The highest BCUT2D eigenvalue weighted by molar-refractivity contribution is 8.23. The summed E-state index contributed by atoms with van der Waals surface area (Å²) < 4.78 is 5.30. The van der Waals surface area contributed by atoms with Crippen molar-refractivity contribution in [1.82, 2.24) is 0 Å². The first kappa shape index (κ1) is 38.1. The van der Waals surface area contributed by atoms with Gasteiger partial charge in [0.2, 0.25) is 0 Å². The zero-order valence-electron chi connectivity index (χ0n) is 21.1. The van der Waals surface area contributed by atoms with Gasteiger partial charge in [-0.3, -0.25) is 4.79 Å². The predicted octanol–water partition coefficient (Wildman–Crippen LogP) is 6.22. The number of thioether (sulfide) groups is 8. The monoisotopic (exact) mass is 662 g/mol. The Balaban J connectivity index is 3.13. The molecule has 0 unspecified atom stereocenters. The molecule has 0 radical (unpaired) electrons. The summed E-state index contributed by atoms with van der Waals surface area (Å²) in [5.74, 6) is 6.13. The minimum absolute atomic E-state index is 0.0966. The zero-order chi connectivity index (χ0) is 26.2. The maximum Gasteiger partial charge on any atom is 0.306 e. The fourth-order valence-corrected chi connectivity index (χ4v) is 9.75. The van der Waals surface area contributed by atoms with Gasteiger partial charge in [-0.05, 0) is 18.6 Å². The lowest BCUT2D eigenvalue weighted by Gasteiger charge is -2.06. The number of carbonyl (C=O) groups is 1. The number of hydrogen-bond donors (Lipinski definition) is 1. The van der Waals surface area contributed by atoms with Gasteiger partial charge in [0, 0.05) is 49.1 Å². The third-order valence-electron chi connectivity index (χ3n) is 3.48. The minimum atomic E-state index is -0.0966. The van der Waals surface area contributed by atoms with Crippen LogP contribution in [0.15, 0.2) is 0 Å². The molecule has 216 valence electrons. The maximum atomic E-state index is 11.8. The molecule has 0 aliphatic heterocycles. The molecule has 0 aromatic rings. The lowest BCUT2D eigenvalue weighted by molar-refractivity contribution is -0.290. The van der Waals surface area contributed by atoms with E-state index in [1.54, 1.807) is 35.3 Å². The van der Waals surface area contributed by atoms with E-state index in [9.17, 15) is 4.79 Å². The number of aliphatic hydroxyl groups is 1. The molecule has 0 aliphatic rings. The van der Waals surface area contributed by atoms with Gasteiger partial charge in [0.15, 0.2) is 0 Å². The quantitative estimate of drug-likeness (QED) is 0.0300. The second-order valence-corrected chi connectivity index (χ2v) is 16.5. The molecule has 0 spiro atoms. The lowest BCUT2D eigenvalue weighted by Crippen LogP contribution is -2.08. The van der Waals surface area contributed by atoms with E-state index in [4.69, 9.17) is 29.4 Å². The molecule has 0 amide bonds. The van der Waals surface area contributed by atoms with Crippen molar-refractivity contribution in [3.05, 3.63) is 0 Å². The van der Waals surface area contributed by atoms with Crippen molar-refractivity contribution >= 4 is 100 Å². The summed E-state index contributed by atoms with van der Waals surface area (Å²) in [4.78, 5) is 32.0. The summed E-state index contributed by atoms with van der Waals surface area (Å²) in [6.07, 6.45) is 2.42. The first-order valence-corrected chi connectivity index (χ1v) is 20.9. The average Bonchev–Trinajstić information content (AvgIpc) is 2.88. The highest BCUT2D eigenvalue weighted by Crippen LogP contribution is 2.19. The van der Waals surface area contributed by atoms with Crippen molar-refractivity contribution in [2.24, 2.45) is 0 Å². The number of ether oxygens (including phenoxy) is 1. The second-order valence-electron chi connectivity index (χ2n) is 6.48. The summed E-state index contributed by atoms with van der Waals surface area (Å²) in [5.41, 5.74) is 0. The van der Waals surface area contributed by atoms with Gasteiger partial charge < -0.3 is 9.84 Å². The van der Waals surface area contributed by atoms with Gasteiger partial charge in [0.1, 0.15) is 12.5 Å². The average molecular weight is 663 g/mol. The molecule has 0 fully saturated rings. The molecule has 0 saturated heterocycles. The molecule has 0 atom stereocenters. The third-order valence-corrected chi connectivity index (χ3v) is 12.5. The van der Waals surface area contributed by atoms with Crippen molar-refractivity contribution in [3.63, 3.8) is 0 Å². The molecular formula is C21H42O7S8. The Morgan fingerprint density at radius 1 is 0.611 bits per heavy atom. The van der Waals surface area contributed by atoms with Gasteiger partial charge in [0.05, 0.1) is 32.2 Å². The Hall–Kier alpha value is 2.07. The lowest BCUT2D eigenvalue weighted by atomic mass is 10.5. The Morgan fingerprint density at radius 2 is 1.22 bits per heavy atom. The Kier molecular flexibility index (Phi) is 37.1. The Labute approximate surface area is 251 Å². The van der Waals surface area contributed by atoms with Crippen LogP contribution in [0, 0.1) is 0 Å². The largest absolute Gasteiger partial charge is 0.465 e. The molecular weight excluding hydrogens is 621 g/mol. The Morgan fingerprint density at radius 3 is 1.94 bits per heavy atom. The van der Waals surface area contributed by atoms with E-state index in [1.807, 2.05) is 47.0 Å². The van der Waals surface area contributed by atoms with Crippen LogP contribution in [0.5, 0.6) is 0 Å². The fraction of sp³-hybridized carbons (Fsp3) is 0.952. The smallest absolute Gasteiger partial charge is 0.306 e. The van der Waals surface area contributed by atoms with Crippen LogP contribution in [0.2, 0.25) is 0 Å². The molecule has 7 nitrogen and oxygen atoms in total.